The second kappa shape index (κ2) is 14.5. The molecule has 2 saturated heterocycles. The lowest BCUT2D eigenvalue weighted by molar-refractivity contribution is -0.121. The summed E-state index contributed by atoms with van der Waals surface area (Å²) in [4.78, 5) is 33.7. The van der Waals surface area contributed by atoms with E-state index in [-0.39, 0.29) is 45.4 Å². The minimum atomic E-state index is 0. The van der Waals surface area contributed by atoms with Crippen molar-refractivity contribution in [1.82, 2.24) is 24.8 Å². The van der Waals surface area contributed by atoms with Gasteiger partial charge in [0, 0.05) is 81.1 Å². The maximum absolute atomic E-state index is 12.9. The molecule has 0 radical (unpaired) electrons. The second-order valence-electron chi connectivity index (χ2n) is 11.0. The number of Topliss-reactive ketones (excluding diaryl/α,β-unsaturated/α-hetero) is 1. The van der Waals surface area contributed by atoms with Crippen molar-refractivity contribution in [2.45, 2.75) is 50.7 Å². The molecule has 11 heteroatoms. The molecule has 6 aliphatic rings. The van der Waals surface area contributed by atoms with Gasteiger partial charge in [0.25, 0.3) is 0 Å². The monoisotopic (exact) mass is 595 g/mol. The Kier molecular flexibility index (Phi) is 11.0. The first-order valence-electron chi connectivity index (χ1n) is 14.1. The van der Waals surface area contributed by atoms with Gasteiger partial charge in [-0.3, -0.25) is 14.6 Å². The molecule has 2 N–H and O–H groups in total. The van der Waals surface area contributed by atoms with Crippen molar-refractivity contribution < 1.29 is 9.90 Å². The number of benzene rings is 1. The first-order valence-corrected chi connectivity index (χ1v) is 14.1. The Bertz CT molecular complexity index is 1300. The van der Waals surface area contributed by atoms with Gasteiger partial charge in [-0.15, -0.1) is 0 Å². The topological polar surface area (TPSA) is 97.7 Å². The SMILES string of the molecule is O=C1CCCC2CCCN2c2ncc(cn2)-c2ccnc(c2)Nc2cccc(c2)CN2CCN(C1)CC2CO.S.S. The Morgan fingerprint density at radius 3 is 2.59 bits per heavy atom. The van der Waals surface area contributed by atoms with Gasteiger partial charge in [0.05, 0.1) is 13.2 Å². The number of rotatable bonds is 1. The third kappa shape index (κ3) is 7.58. The van der Waals surface area contributed by atoms with Crippen molar-refractivity contribution in [3.8, 4) is 11.1 Å². The number of piperazine rings is 1. The molecule has 2 fully saturated rings. The fraction of sp³-hybridized carbons (Fsp3) is 0.467. The summed E-state index contributed by atoms with van der Waals surface area (Å²) in [6.07, 6.45) is 10.3. The number of nitrogens with one attached hydrogen (secondary N) is 1. The average molecular weight is 596 g/mol. The van der Waals surface area contributed by atoms with Gasteiger partial charge < -0.3 is 15.3 Å². The van der Waals surface area contributed by atoms with E-state index in [1.54, 1.807) is 6.20 Å². The van der Waals surface area contributed by atoms with Crippen LogP contribution in [0.2, 0.25) is 0 Å². The van der Waals surface area contributed by atoms with Crippen LogP contribution in [0.25, 0.3) is 11.1 Å². The van der Waals surface area contributed by atoms with E-state index in [0.717, 1.165) is 80.4 Å². The van der Waals surface area contributed by atoms with Crippen molar-refractivity contribution in [1.29, 1.82) is 0 Å². The number of carbonyl (C=O) groups excluding carboxylic acids is 1. The maximum Gasteiger partial charge on any atom is 0.225 e. The number of pyridine rings is 1. The number of aromatic nitrogens is 3. The Morgan fingerprint density at radius 2 is 1.76 bits per heavy atom. The fourth-order valence-electron chi connectivity index (χ4n) is 6.17. The van der Waals surface area contributed by atoms with Gasteiger partial charge in [-0.1, -0.05) is 12.1 Å². The van der Waals surface area contributed by atoms with Crippen molar-refractivity contribution >= 4 is 50.2 Å². The molecule has 1 aromatic carbocycles. The van der Waals surface area contributed by atoms with Crippen LogP contribution in [0.3, 0.4) is 0 Å². The van der Waals surface area contributed by atoms with Crippen LogP contribution in [0.1, 0.15) is 37.7 Å². The summed E-state index contributed by atoms with van der Waals surface area (Å²) < 4.78 is 0. The third-order valence-corrected chi connectivity index (χ3v) is 8.24. The van der Waals surface area contributed by atoms with E-state index in [0.29, 0.717) is 25.6 Å². The molecular formula is C30H41N7O2S2. The zero-order valence-corrected chi connectivity index (χ0v) is 25.4. The van der Waals surface area contributed by atoms with Gasteiger partial charge in [0.2, 0.25) is 5.95 Å². The van der Waals surface area contributed by atoms with Gasteiger partial charge in [-0.25, -0.2) is 15.0 Å². The maximum atomic E-state index is 12.9. The van der Waals surface area contributed by atoms with Crippen LogP contribution < -0.4 is 10.2 Å². The third-order valence-electron chi connectivity index (χ3n) is 8.24. The molecular weight excluding hydrogens is 555 g/mol. The first kappa shape index (κ1) is 31.2. The summed E-state index contributed by atoms with van der Waals surface area (Å²) in [6.45, 7) is 4.62. The van der Waals surface area contributed by atoms with E-state index in [1.165, 1.54) is 5.56 Å². The molecule has 4 atom stereocenters. The Hall–Kier alpha value is -2.70. The number of aliphatic hydroxyl groups is 1. The summed E-state index contributed by atoms with van der Waals surface area (Å²) >= 11 is 0. The molecule has 9 nitrogen and oxygen atoms in total. The second-order valence-corrected chi connectivity index (χ2v) is 11.0. The van der Waals surface area contributed by atoms with Gasteiger partial charge in [0.1, 0.15) is 11.6 Å². The van der Waals surface area contributed by atoms with Crippen LogP contribution in [0.4, 0.5) is 17.5 Å². The zero-order valence-electron chi connectivity index (χ0n) is 23.4. The predicted octanol–water partition coefficient (Wildman–Crippen LogP) is 3.71. The molecule has 8 bridgehead atoms. The van der Waals surface area contributed by atoms with Crippen LogP contribution in [0.5, 0.6) is 0 Å². The molecule has 0 spiro atoms. The van der Waals surface area contributed by atoms with Crippen LogP contribution in [-0.2, 0) is 11.3 Å². The van der Waals surface area contributed by atoms with Gasteiger partial charge in [-0.2, -0.15) is 27.0 Å². The summed E-state index contributed by atoms with van der Waals surface area (Å²) in [5, 5.41) is 13.6. The van der Waals surface area contributed by atoms with Crippen molar-refractivity contribution in [2.75, 3.05) is 49.5 Å². The Labute approximate surface area is 256 Å². The summed E-state index contributed by atoms with van der Waals surface area (Å²) in [5.41, 5.74) is 4.09. The molecule has 9 rings (SSSR count). The lowest BCUT2D eigenvalue weighted by Crippen LogP contribution is -2.55. The Balaban J connectivity index is 0.00000194. The first-order chi connectivity index (χ1) is 19.1. The van der Waals surface area contributed by atoms with Crippen molar-refractivity contribution in [3.63, 3.8) is 0 Å². The van der Waals surface area contributed by atoms with E-state index < -0.39 is 0 Å². The molecule has 0 aliphatic carbocycles. The van der Waals surface area contributed by atoms with Crippen LogP contribution in [-0.4, -0.2) is 87.1 Å². The van der Waals surface area contributed by atoms with E-state index in [2.05, 4.69) is 37.1 Å². The quantitative estimate of drug-likeness (QED) is 0.436. The number of hydrogen-bond donors (Lipinski definition) is 2. The normalized spacial score (nSPS) is 24.5. The number of carbonyl (C=O) groups is 1. The zero-order chi connectivity index (χ0) is 26.6. The lowest BCUT2D eigenvalue weighted by Gasteiger charge is -2.40. The summed E-state index contributed by atoms with van der Waals surface area (Å²) in [6, 6.07) is 12.7. The van der Waals surface area contributed by atoms with Crippen molar-refractivity contribution in [2.24, 2.45) is 0 Å². The highest BCUT2D eigenvalue weighted by Crippen LogP contribution is 2.28. The molecule has 4 unspecified atom stereocenters. The highest BCUT2D eigenvalue weighted by atomic mass is 32.1. The number of ketones is 1. The molecule has 0 amide bonds. The minimum absolute atomic E-state index is 0. The van der Waals surface area contributed by atoms with E-state index in [1.807, 2.05) is 36.7 Å². The smallest absolute Gasteiger partial charge is 0.225 e. The van der Waals surface area contributed by atoms with Crippen molar-refractivity contribution in [3.05, 3.63) is 60.6 Å². The number of nitrogens with zero attached hydrogens (tertiary/aromatic N) is 6. The van der Waals surface area contributed by atoms with Crippen LogP contribution >= 0.6 is 27.0 Å². The predicted molar refractivity (Wildman–Crippen MR) is 173 cm³/mol. The fourth-order valence-corrected chi connectivity index (χ4v) is 6.17. The van der Waals surface area contributed by atoms with E-state index in [4.69, 9.17) is 9.97 Å². The summed E-state index contributed by atoms with van der Waals surface area (Å²) in [5.74, 6) is 1.82. The van der Waals surface area contributed by atoms with E-state index >= 15 is 0 Å². The average Bonchev–Trinajstić information content (AvgIpc) is 3.42. The summed E-state index contributed by atoms with van der Waals surface area (Å²) in [7, 11) is 0. The molecule has 0 saturated carbocycles. The standard InChI is InChI=1S/C30H37N7O2.2H2S/c38-21-27-19-35-12-13-36(27)18-22-4-1-5-25(14-22)34-29-15-23(9-10-31-29)24-16-32-30(33-17-24)37-11-3-7-26(37)6-2-8-28(39)20-35;;/h1,4-5,9-10,14-17,26-27,38H,2-3,6-8,11-13,18-21H2,(H,31,34);2*1H2. The van der Waals surface area contributed by atoms with Crippen LogP contribution in [0, 0.1) is 0 Å². The highest BCUT2D eigenvalue weighted by molar-refractivity contribution is 7.59. The molecule has 2 aromatic heterocycles. The Morgan fingerprint density at radius 1 is 0.927 bits per heavy atom. The highest BCUT2D eigenvalue weighted by Gasteiger charge is 2.29. The lowest BCUT2D eigenvalue weighted by atomic mass is 10.0. The largest absolute Gasteiger partial charge is 0.395 e. The van der Waals surface area contributed by atoms with Gasteiger partial charge in [0.15, 0.2) is 0 Å². The molecule has 8 heterocycles. The number of aliphatic hydroxyl groups excluding tert-OH is 1. The van der Waals surface area contributed by atoms with Gasteiger partial charge in [-0.05, 0) is 61.1 Å². The van der Waals surface area contributed by atoms with Crippen LogP contribution in [0.15, 0.2) is 55.0 Å². The molecule has 3 aromatic rings. The van der Waals surface area contributed by atoms with E-state index in [9.17, 15) is 9.90 Å². The molecule has 41 heavy (non-hydrogen) atoms. The minimum Gasteiger partial charge on any atom is -0.395 e. The number of anilines is 3. The molecule has 220 valence electrons. The van der Waals surface area contributed by atoms with Gasteiger partial charge >= 0.3 is 0 Å². The molecule has 6 aliphatic heterocycles. The number of hydrogen-bond acceptors (Lipinski definition) is 9.